The second kappa shape index (κ2) is 4.34. The van der Waals surface area contributed by atoms with E-state index in [2.05, 4.69) is 4.72 Å². The van der Waals surface area contributed by atoms with Gasteiger partial charge in [0.25, 0.3) is 0 Å². The van der Waals surface area contributed by atoms with E-state index in [-0.39, 0.29) is 4.90 Å². The van der Waals surface area contributed by atoms with E-state index in [9.17, 15) is 13.2 Å². The maximum atomic E-state index is 11.4. The smallest absolute Gasteiger partial charge is 0.240 e. The third kappa shape index (κ3) is 2.40. The van der Waals surface area contributed by atoms with Gasteiger partial charge < -0.3 is 0 Å². The molecule has 0 saturated carbocycles. The molecule has 1 rings (SSSR count). The molecule has 4 nitrogen and oxygen atoms in total. The topological polar surface area (TPSA) is 63.2 Å². The van der Waals surface area contributed by atoms with Crippen molar-refractivity contribution in [3.63, 3.8) is 0 Å². The first-order valence-corrected chi connectivity index (χ1v) is 5.63. The van der Waals surface area contributed by atoms with Gasteiger partial charge in [0, 0.05) is 12.1 Å². The van der Waals surface area contributed by atoms with Gasteiger partial charge in [-0.05, 0) is 12.1 Å². The molecule has 0 aliphatic carbocycles. The standard InChI is InChI=1S/C9H11NO3S/c1-2-10-14(12,13)9-5-3-8(7-11)4-6-9/h3-7,10H,2H2,1H3. The highest BCUT2D eigenvalue weighted by atomic mass is 32.2. The zero-order valence-electron chi connectivity index (χ0n) is 7.73. The van der Waals surface area contributed by atoms with Crippen molar-refractivity contribution in [3.8, 4) is 0 Å². The molecule has 0 aliphatic rings. The summed E-state index contributed by atoms with van der Waals surface area (Å²) in [4.78, 5) is 10.5. The van der Waals surface area contributed by atoms with Gasteiger partial charge in [-0.2, -0.15) is 0 Å². The molecule has 0 heterocycles. The number of benzene rings is 1. The summed E-state index contributed by atoms with van der Waals surface area (Å²) in [5.74, 6) is 0. The van der Waals surface area contributed by atoms with Crippen molar-refractivity contribution >= 4 is 16.3 Å². The fourth-order valence-electron chi connectivity index (χ4n) is 0.999. The number of rotatable bonds is 4. The summed E-state index contributed by atoms with van der Waals surface area (Å²) in [5, 5.41) is 0. The lowest BCUT2D eigenvalue weighted by molar-refractivity contribution is 0.112. The van der Waals surface area contributed by atoms with Crippen LogP contribution in [0.4, 0.5) is 0 Å². The van der Waals surface area contributed by atoms with E-state index in [1.54, 1.807) is 6.92 Å². The third-order valence-corrected chi connectivity index (χ3v) is 3.22. The summed E-state index contributed by atoms with van der Waals surface area (Å²) < 4.78 is 25.2. The maximum Gasteiger partial charge on any atom is 0.240 e. The predicted molar refractivity (Wildman–Crippen MR) is 52.7 cm³/mol. The predicted octanol–water partition coefficient (Wildman–Crippen LogP) is 0.797. The van der Waals surface area contributed by atoms with Crippen LogP contribution in [-0.2, 0) is 10.0 Å². The summed E-state index contributed by atoms with van der Waals surface area (Å²) >= 11 is 0. The maximum absolute atomic E-state index is 11.4. The Kier molecular flexibility index (Phi) is 3.38. The van der Waals surface area contributed by atoms with Crippen LogP contribution in [0.2, 0.25) is 0 Å². The molecule has 5 heteroatoms. The molecule has 1 aromatic rings. The minimum atomic E-state index is -3.40. The van der Waals surface area contributed by atoms with E-state index in [1.165, 1.54) is 24.3 Å². The molecule has 1 aromatic carbocycles. The van der Waals surface area contributed by atoms with E-state index >= 15 is 0 Å². The number of nitrogens with one attached hydrogen (secondary N) is 1. The molecule has 0 amide bonds. The van der Waals surface area contributed by atoms with E-state index in [0.29, 0.717) is 18.4 Å². The number of hydrogen-bond acceptors (Lipinski definition) is 3. The first kappa shape index (κ1) is 10.9. The Hall–Kier alpha value is -1.20. The molecule has 0 fully saturated rings. The first-order valence-electron chi connectivity index (χ1n) is 4.15. The number of sulfonamides is 1. The van der Waals surface area contributed by atoms with Gasteiger partial charge in [0.1, 0.15) is 6.29 Å². The number of hydrogen-bond donors (Lipinski definition) is 1. The second-order valence-electron chi connectivity index (χ2n) is 2.69. The van der Waals surface area contributed by atoms with Crippen molar-refractivity contribution in [2.24, 2.45) is 0 Å². The van der Waals surface area contributed by atoms with Gasteiger partial charge in [0.05, 0.1) is 4.90 Å². The fraction of sp³-hybridized carbons (Fsp3) is 0.222. The summed E-state index contributed by atoms with van der Waals surface area (Å²) in [5.41, 5.74) is 0.459. The molecule has 0 bridgehead atoms. The van der Waals surface area contributed by atoms with Gasteiger partial charge in [-0.3, -0.25) is 4.79 Å². The fourth-order valence-corrected chi connectivity index (χ4v) is 2.04. The number of carbonyl (C=O) groups excluding carboxylic acids is 1. The van der Waals surface area contributed by atoms with Crippen molar-refractivity contribution < 1.29 is 13.2 Å². The lowest BCUT2D eigenvalue weighted by Crippen LogP contribution is -2.22. The number of carbonyl (C=O) groups is 1. The number of aldehydes is 1. The molecule has 76 valence electrons. The van der Waals surface area contributed by atoms with Gasteiger partial charge in [0.2, 0.25) is 10.0 Å². The van der Waals surface area contributed by atoms with Crippen LogP contribution in [0, 0.1) is 0 Å². The minimum Gasteiger partial charge on any atom is -0.298 e. The van der Waals surface area contributed by atoms with E-state index in [4.69, 9.17) is 0 Å². The molecular weight excluding hydrogens is 202 g/mol. The SMILES string of the molecule is CCNS(=O)(=O)c1ccc(C=O)cc1. The lowest BCUT2D eigenvalue weighted by atomic mass is 10.2. The second-order valence-corrected chi connectivity index (χ2v) is 4.46. The average Bonchev–Trinajstić information content (AvgIpc) is 2.18. The Labute approximate surface area is 83.0 Å². The summed E-state index contributed by atoms with van der Waals surface area (Å²) in [6.07, 6.45) is 0.670. The van der Waals surface area contributed by atoms with Crippen LogP contribution in [0.15, 0.2) is 29.2 Å². The molecule has 0 atom stereocenters. The van der Waals surface area contributed by atoms with Crippen molar-refractivity contribution in [1.29, 1.82) is 0 Å². The van der Waals surface area contributed by atoms with Crippen LogP contribution in [0.1, 0.15) is 17.3 Å². The van der Waals surface area contributed by atoms with Gasteiger partial charge in [-0.25, -0.2) is 13.1 Å². The van der Waals surface area contributed by atoms with Crippen LogP contribution >= 0.6 is 0 Å². The van der Waals surface area contributed by atoms with Gasteiger partial charge >= 0.3 is 0 Å². The Morgan fingerprint density at radius 3 is 2.29 bits per heavy atom. The zero-order valence-corrected chi connectivity index (χ0v) is 8.54. The summed E-state index contributed by atoms with van der Waals surface area (Å²) in [6.45, 7) is 2.05. The molecule has 0 unspecified atom stereocenters. The van der Waals surface area contributed by atoms with Crippen molar-refractivity contribution in [1.82, 2.24) is 4.72 Å². The van der Waals surface area contributed by atoms with Crippen LogP contribution in [-0.4, -0.2) is 21.2 Å². The Morgan fingerprint density at radius 2 is 1.86 bits per heavy atom. The van der Waals surface area contributed by atoms with Gasteiger partial charge in [-0.1, -0.05) is 19.1 Å². The molecule has 1 N–H and O–H groups in total. The van der Waals surface area contributed by atoms with Crippen molar-refractivity contribution in [3.05, 3.63) is 29.8 Å². The average molecular weight is 213 g/mol. The Bertz CT molecular complexity index is 408. The molecule has 0 radical (unpaired) electrons. The monoisotopic (exact) mass is 213 g/mol. The van der Waals surface area contributed by atoms with Gasteiger partial charge in [0.15, 0.2) is 0 Å². The normalized spacial score (nSPS) is 11.2. The molecule has 0 saturated heterocycles. The first-order chi connectivity index (χ1) is 6.60. The van der Waals surface area contributed by atoms with E-state index in [0.717, 1.165) is 0 Å². The van der Waals surface area contributed by atoms with E-state index in [1.807, 2.05) is 0 Å². The molecule has 0 aliphatic heterocycles. The highest BCUT2D eigenvalue weighted by molar-refractivity contribution is 7.89. The van der Waals surface area contributed by atoms with Crippen molar-refractivity contribution in [2.75, 3.05) is 6.54 Å². The quantitative estimate of drug-likeness (QED) is 0.752. The molecule has 0 spiro atoms. The zero-order chi connectivity index (χ0) is 10.6. The van der Waals surface area contributed by atoms with Crippen LogP contribution in [0.3, 0.4) is 0 Å². The summed E-state index contributed by atoms with van der Waals surface area (Å²) in [6, 6.07) is 5.75. The minimum absolute atomic E-state index is 0.171. The molecule has 0 aromatic heterocycles. The molecule has 14 heavy (non-hydrogen) atoms. The molecular formula is C9H11NO3S. The largest absolute Gasteiger partial charge is 0.298 e. The Balaban J connectivity index is 3.03. The van der Waals surface area contributed by atoms with Gasteiger partial charge in [-0.15, -0.1) is 0 Å². The highest BCUT2D eigenvalue weighted by Gasteiger charge is 2.11. The highest BCUT2D eigenvalue weighted by Crippen LogP contribution is 2.08. The van der Waals surface area contributed by atoms with Crippen LogP contribution in [0.5, 0.6) is 0 Å². The third-order valence-electron chi connectivity index (χ3n) is 1.66. The Morgan fingerprint density at radius 1 is 1.29 bits per heavy atom. The van der Waals surface area contributed by atoms with Crippen LogP contribution in [0.25, 0.3) is 0 Å². The van der Waals surface area contributed by atoms with Crippen molar-refractivity contribution in [2.45, 2.75) is 11.8 Å². The van der Waals surface area contributed by atoms with E-state index < -0.39 is 10.0 Å². The lowest BCUT2D eigenvalue weighted by Gasteiger charge is -2.03. The van der Waals surface area contributed by atoms with Crippen LogP contribution < -0.4 is 4.72 Å². The summed E-state index contributed by atoms with van der Waals surface area (Å²) in [7, 11) is -3.40.